The zero-order chi connectivity index (χ0) is 13.2. The number of hydrogen-bond acceptors (Lipinski definition) is 4. The Hall–Kier alpha value is -0.970. The molecule has 1 N–H and O–H groups in total. The summed E-state index contributed by atoms with van der Waals surface area (Å²) in [6, 6.07) is 0.391. The summed E-state index contributed by atoms with van der Waals surface area (Å²) in [7, 11) is 0. The third-order valence-electron chi connectivity index (χ3n) is 3.13. The summed E-state index contributed by atoms with van der Waals surface area (Å²) >= 11 is 1.98. The molecular formula is C13H21N3OS. The van der Waals surface area contributed by atoms with Crippen molar-refractivity contribution in [1.82, 2.24) is 9.55 Å². The van der Waals surface area contributed by atoms with Crippen LogP contribution in [0.2, 0.25) is 0 Å². The maximum Gasteiger partial charge on any atom is 0.293 e. The summed E-state index contributed by atoms with van der Waals surface area (Å²) in [5.74, 6) is 2.82. The van der Waals surface area contributed by atoms with Gasteiger partial charge in [0.25, 0.3) is 5.56 Å². The summed E-state index contributed by atoms with van der Waals surface area (Å²) in [5.41, 5.74) is -0.234. The Morgan fingerprint density at radius 1 is 1.39 bits per heavy atom. The van der Waals surface area contributed by atoms with E-state index >= 15 is 0 Å². The Kier molecular flexibility index (Phi) is 4.00. The molecule has 0 atom stereocenters. The van der Waals surface area contributed by atoms with Gasteiger partial charge >= 0.3 is 0 Å². The minimum Gasteiger partial charge on any atom is -0.363 e. The van der Waals surface area contributed by atoms with Gasteiger partial charge in [0.05, 0.1) is 0 Å². The van der Waals surface area contributed by atoms with E-state index in [-0.39, 0.29) is 11.1 Å². The average molecular weight is 267 g/mol. The zero-order valence-corrected chi connectivity index (χ0v) is 12.1. The Balaban J connectivity index is 2.21. The first-order valence-corrected chi connectivity index (χ1v) is 7.56. The maximum absolute atomic E-state index is 12.3. The first kappa shape index (κ1) is 13.5. The van der Waals surface area contributed by atoms with E-state index in [1.54, 1.807) is 17.0 Å². The van der Waals surface area contributed by atoms with Gasteiger partial charge in [-0.25, -0.2) is 4.98 Å². The molecule has 2 heterocycles. The van der Waals surface area contributed by atoms with E-state index in [9.17, 15) is 4.79 Å². The van der Waals surface area contributed by atoms with Crippen molar-refractivity contribution in [2.45, 2.75) is 45.2 Å². The average Bonchev–Trinajstić information content (AvgIpc) is 2.32. The van der Waals surface area contributed by atoms with Crippen LogP contribution < -0.4 is 10.9 Å². The van der Waals surface area contributed by atoms with E-state index in [1.807, 2.05) is 32.5 Å². The molecule has 1 aliphatic rings. The van der Waals surface area contributed by atoms with Crippen molar-refractivity contribution in [3.8, 4) is 0 Å². The lowest BCUT2D eigenvalue weighted by Gasteiger charge is -2.25. The SMILES string of the molecule is CC(C)(C)n1ccnc(NC2CCSCC2)c1=O. The highest BCUT2D eigenvalue weighted by Crippen LogP contribution is 2.19. The summed E-state index contributed by atoms with van der Waals surface area (Å²) in [5, 5.41) is 3.30. The molecule has 5 heteroatoms. The molecule has 0 aliphatic carbocycles. The molecule has 2 rings (SSSR count). The lowest BCUT2D eigenvalue weighted by molar-refractivity contribution is 0.383. The van der Waals surface area contributed by atoms with E-state index in [1.165, 1.54) is 0 Å². The van der Waals surface area contributed by atoms with Gasteiger partial charge in [-0.3, -0.25) is 4.79 Å². The molecule has 0 unspecified atom stereocenters. The van der Waals surface area contributed by atoms with Crippen molar-refractivity contribution in [3.63, 3.8) is 0 Å². The lowest BCUT2D eigenvalue weighted by Crippen LogP contribution is -2.37. The Bertz CT molecular complexity index is 458. The molecule has 0 saturated carbocycles. The minimum absolute atomic E-state index is 0.0248. The predicted molar refractivity (Wildman–Crippen MR) is 77.5 cm³/mol. The molecule has 1 saturated heterocycles. The van der Waals surface area contributed by atoms with Gasteiger partial charge in [-0.1, -0.05) is 0 Å². The van der Waals surface area contributed by atoms with Crippen molar-refractivity contribution in [2.24, 2.45) is 0 Å². The summed E-state index contributed by atoms with van der Waals surface area (Å²) in [6.07, 6.45) is 5.67. The van der Waals surface area contributed by atoms with Crippen LogP contribution in [0.5, 0.6) is 0 Å². The van der Waals surface area contributed by atoms with Gasteiger partial charge in [0, 0.05) is 24.0 Å². The van der Waals surface area contributed by atoms with Crippen LogP contribution in [0.15, 0.2) is 17.2 Å². The van der Waals surface area contributed by atoms with Gasteiger partial charge in [-0.2, -0.15) is 11.8 Å². The summed E-state index contributed by atoms with van der Waals surface area (Å²) in [4.78, 5) is 16.5. The number of rotatable bonds is 2. The molecule has 1 aliphatic heterocycles. The maximum atomic E-state index is 12.3. The first-order valence-electron chi connectivity index (χ1n) is 6.41. The molecule has 100 valence electrons. The largest absolute Gasteiger partial charge is 0.363 e. The fourth-order valence-electron chi connectivity index (χ4n) is 2.07. The van der Waals surface area contributed by atoms with Crippen LogP contribution in [-0.4, -0.2) is 27.1 Å². The molecule has 0 amide bonds. The molecule has 0 bridgehead atoms. The van der Waals surface area contributed by atoms with Crippen molar-refractivity contribution in [2.75, 3.05) is 16.8 Å². The second kappa shape index (κ2) is 5.34. The van der Waals surface area contributed by atoms with Crippen LogP contribution in [-0.2, 0) is 5.54 Å². The van der Waals surface area contributed by atoms with Crippen LogP contribution in [0.25, 0.3) is 0 Å². The number of nitrogens with zero attached hydrogens (tertiary/aromatic N) is 2. The lowest BCUT2D eigenvalue weighted by atomic mass is 10.1. The number of anilines is 1. The van der Waals surface area contributed by atoms with Gasteiger partial charge in [-0.15, -0.1) is 0 Å². The Morgan fingerprint density at radius 3 is 2.67 bits per heavy atom. The van der Waals surface area contributed by atoms with Crippen LogP contribution in [0.4, 0.5) is 5.82 Å². The van der Waals surface area contributed by atoms with Gasteiger partial charge in [0.2, 0.25) is 0 Å². The second-order valence-electron chi connectivity index (χ2n) is 5.65. The van der Waals surface area contributed by atoms with Crippen LogP contribution in [0.3, 0.4) is 0 Å². The van der Waals surface area contributed by atoms with E-state index in [2.05, 4.69) is 10.3 Å². The van der Waals surface area contributed by atoms with Crippen LogP contribution in [0.1, 0.15) is 33.6 Å². The first-order chi connectivity index (χ1) is 8.48. The number of aromatic nitrogens is 2. The van der Waals surface area contributed by atoms with Crippen molar-refractivity contribution in [3.05, 3.63) is 22.7 Å². The van der Waals surface area contributed by atoms with Gasteiger partial charge < -0.3 is 9.88 Å². The molecule has 18 heavy (non-hydrogen) atoms. The zero-order valence-electron chi connectivity index (χ0n) is 11.3. The highest BCUT2D eigenvalue weighted by molar-refractivity contribution is 7.99. The van der Waals surface area contributed by atoms with Gasteiger partial charge in [-0.05, 0) is 45.1 Å². The van der Waals surface area contributed by atoms with E-state index in [4.69, 9.17) is 0 Å². The molecule has 1 aromatic rings. The monoisotopic (exact) mass is 267 g/mol. The van der Waals surface area contributed by atoms with Crippen LogP contribution in [0, 0.1) is 0 Å². The topological polar surface area (TPSA) is 46.9 Å². The van der Waals surface area contributed by atoms with Crippen molar-refractivity contribution < 1.29 is 0 Å². The fourth-order valence-corrected chi connectivity index (χ4v) is 3.18. The standard InChI is InChI=1S/C13H21N3OS/c1-13(2,3)16-7-6-14-11(12(16)17)15-10-4-8-18-9-5-10/h6-7,10H,4-5,8-9H2,1-3H3,(H,14,15). The highest BCUT2D eigenvalue weighted by atomic mass is 32.2. The third-order valence-corrected chi connectivity index (χ3v) is 4.17. The van der Waals surface area contributed by atoms with Crippen molar-refractivity contribution >= 4 is 17.6 Å². The Labute approximate surface area is 112 Å². The molecule has 1 fully saturated rings. The summed E-state index contributed by atoms with van der Waals surface area (Å²) < 4.78 is 1.74. The van der Waals surface area contributed by atoms with Gasteiger partial charge in [0.15, 0.2) is 5.82 Å². The number of thioether (sulfide) groups is 1. The summed E-state index contributed by atoms with van der Waals surface area (Å²) in [6.45, 7) is 6.07. The minimum atomic E-state index is -0.209. The smallest absolute Gasteiger partial charge is 0.293 e. The normalized spacial score (nSPS) is 17.7. The molecule has 0 radical (unpaired) electrons. The second-order valence-corrected chi connectivity index (χ2v) is 6.88. The molecule has 4 nitrogen and oxygen atoms in total. The van der Waals surface area contributed by atoms with Crippen LogP contribution >= 0.6 is 11.8 Å². The number of hydrogen-bond donors (Lipinski definition) is 1. The predicted octanol–water partition coefficient (Wildman–Crippen LogP) is 2.31. The number of nitrogens with one attached hydrogen (secondary N) is 1. The molecule has 0 aromatic carbocycles. The van der Waals surface area contributed by atoms with E-state index in [0.29, 0.717) is 11.9 Å². The Morgan fingerprint density at radius 2 is 2.06 bits per heavy atom. The van der Waals surface area contributed by atoms with Crippen molar-refractivity contribution in [1.29, 1.82) is 0 Å². The van der Waals surface area contributed by atoms with Gasteiger partial charge in [0.1, 0.15) is 0 Å². The molecule has 1 aromatic heterocycles. The molecule has 0 spiro atoms. The highest BCUT2D eigenvalue weighted by Gasteiger charge is 2.19. The third kappa shape index (κ3) is 3.07. The molecular weight excluding hydrogens is 246 g/mol. The van der Waals surface area contributed by atoms with E-state index < -0.39 is 0 Å². The van der Waals surface area contributed by atoms with E-state index in [0.717, 1.165) is 24.3 Å². The fraction of sp³-hybridized carbons (Fsp3) is 0.692. The quantitative estimate of drug-likeness (QED) is 0.893.